The van der Waals surface area contributed by atoms with Crippen LogP contribution in [0.2, 0.25) is 5.02 Å². The summed E-state index contributed by atoms with van der Waals surface area (Å²) in [6.45, 7) is 2.91. The average Bonchev–Trinajstić information content (AvgIpc) is 3.18. The number of aromatic nitrogens is 3. The number of hydrogen-bond donors (Lipinski definition) is 1. The van der Waals surface area contributed by atoms with Crippen molar-refractivity contribution in [2.75, 3.05) is 25.0 Å². The molecule has 1 fully saturated rings. The van der Waals surface area contributed by atoms with Crippen LogP contribution in [-0.4, -0.2) is 39.7 Å². The predicted octanol–water partition coefficient (Wildman–Crippen LogP) is 4.35. The molecule has 0 saturated carbocycles. The normalized spacial score (nSPS) is 16.0. The van der Waals surface area contributed by atoms with E-state index in [0.29, 0.717) is 24.9 Å². The summed E-state index contributed by atoms with van der Waals surface area (Å²) < 4.78 is 5.79. The Balaban J connectivity index is 1.43. The minimum absolute atomic E-state index is 0.244. The fourth-order valence-corrected chi connectivity index (χ4v) is 3.75. The summed E-state index contributed by atoms with van der Waals surface area (Å²) in [5, 5.41) is 12.4. The number of benzene rings is 1. The van der Waals surface area contributed by atoms with Gasteiger partial charge in [-0.3, -0.25) is 9.88 Å². The van der Waals surface area contributed by atoms with Gasteiger partial charge in [0.2, 0.25) is 5.89 Å². The van der Waals surface area contributed by atoms with E-state index < -0.39 is 0 Å². The highest BCUT2D eigenvalue weighted by molar-refractivity contribution is 6.30. The molecule has 1 atom stereocenters. The standard InChI is InChI=1S/C21H24ClN5O/c22-18-6-4-17(5-7-18)19(27-12-2-1-3-13-27)15-24-21-26-25-20(28-21)14-16-8-10-23-11-9-16/h4-11,19H,1-3,12-15H2,(H,24,26). The molecule has 6 nitrogen and oxygen atoms in total. The van der Waals surface area contributed by atoms with Gasteiger partial charge in [-0.2, -0.15) is 0 Å². The van der Waals surface area contributed by atoms with Crippen molar-refractivity contribution in [3.63, 3.8) is 0 Å². The second-order valence-corrected chi connectivity index (χ2v) is 7.51. The zero-order valence-electron chi connectivity index (χ0n) is 15.7. The summed E-state index contributed by atoms with van der Waals surface area (Å²) in [5.74, 6) is 0.592. The van der Waals surface area contributed by atoms with Gasteiger partial charge in [0.25, 0.3) is 0 Å². The number of hydrogen-bond acceptors (Lipinski definition) is 6. The van der Waals surface area contributed by atoms with Crippen molar-refractivity contribution >= 4 is 17.6 Å². The number of anilines is 1. The summed E-state index contributed by atoms with van der Waals surface area (Å²) in [6.07, 6.45) is 7.91. The molecule has 0 aliphatic carbocycles. The molecule has 1 aliphatic rings. The van der Waals surface area contributed by atoms with Gasteiger partial charge < -0.3 is 9.73 Å². The summed E-state index contributed by atoms with van der Waals surface area (Å²) in [4.78, 5) is 6.55. The van der Waals surface area contributed by atoms with Gasteiger partial charge in [0.05, 0.1) is 12.5 Å². The van der Waals surface area contributed by atoms with Gasteiger partial charge in [-0.15, -0.1) is 5.10 Å². The fraction of sp³-hybridized carbons (Fsp3) is 0.381. The van der Waals surface area contributed by atoms with Crippen LogP contribution in [0.1, 0.15) is 42.3 Å². The van der Waals surface area contributed by atoms with Crippen molar-refractivity contribution in [2.24, 2.45) is 0 Å². The Hall–Kier alpha value is -2.44. The quantitative estimate of drug-likeness (QED) is 0.639. The minimum Gasteiger partial charge on any atom is -0.408 e. The van der Waals surface area contributed by atoms with Crippen LogP contribution < -0.4 is 5.32 Å². The van der Waals surface area contributed by atoms with Crippen molar-refractivity contribution in [3.8, 4) is 0 Å². The van der Waals surface area contributed by atoms with E-state index in [1.807, 2.05) is 24.3 Å². The van der Waals surface area contributed by atoms with Gasteiger partial charge in [0.15, 0.2) is 0 Å². The lowest BCUT2D eigenvalue weighted by molar-refractivity contribution is 0.170. The third-order valence-corrected chi connectivity index (χ3v) is 5.36. The molecule has 1 N–H and O–H groups in total. The Labute approximate surface area is 169 Å². The van der Waals surface area contributed by atoms with E-state index in [0.717, 1.165) is 23.7 Å². The molecule has 1 aromatic carbocycles. The van der Waals surface area contributed by atoms with E-state index in [1.165, 1.54) is 24.8 Å². The lowest BCUT2D eigenvalue weighted by atomic mass is 10.0. The van der Waals surface area contributed by atoms with Gasteiger partial charge in [-0.25, -0.2) is 0 Å². The molecule has 1 aliphatic heterocycles. The number of halogens is 1. The maximum absolute atomic E-state index is 6.08. The van der Waals surface area contributed by atoms with Crippen LogP contribution in [0.25, 0.3) is 0 Å². The van der Waals surface area contributed by atoms with Crippen LogP contribution in [0.4, 0.5) is 6.01 Å². The third kappa shape index (κ3) is 4.88. The Morgan fingerprint density at radius 3 is 2.50 bits per heavy atom. The molecule has 3 heterocycles. The predicted molar refractivity (Wildman–Crippen MR) is 109 cm³/mol. The highest BCUT2D eigenvalue weighted by Gasteiger charge is 2.23. The highest BCUT2D eigenvalue weighted by Crippen LogP contribution is 2.26. The molecular formula is C21H24ClN5O. The number of nitrogens with zero attached hydrogens (tertiary/aromatic N) is 4. The van der Waals surface area contributed by atoms with Crippen LogP contribution in [-0.2, 0) is 6.42 Å². The van der Waals surface area contributed by atoms with E-state index in [4.69, 9.17) is 16.0 Å². The molecule has 0 amide bonds. The Morgan fingerprint density at radius 2 is 1.75 bits per heavy atom. The lowest BCUT2D eigenvalue weighted by Gasteiger charge is -2.34. The van der Waals surface area contributed by atoms with Crippen molar-refractivity contribution < 1.29 is 4.42 Å². The maximum Gasteiger partial charge on any atom is 0.315 e. The minimum atomic E-state index is 0.244. The molecule has 1 unspecified atom stereocenters. The zero-order valence-corrected chi connectivity index (χ0v) is 16.5. The molecule has 0 radical (unpaired) electrons. The van der Waals surface area contributed by atoms with Gasteiger partial charge >= 0.3 is 6.01 Å². The summed E-state index contributed by atoms with van der Waals surface area (Å²) in [6, 6.07) is 12.7. The summed E-state index contributed by atoms with van der Waals surface area (Å²) in [7, 11) is 0. The zero-order chi connectivity index (χ0) is 19.2. The summed E-state index contributed by atoms with van der Waals surface area (Å²) in [5.41, 5.74) is 2.34. The fourth-order valence-electron chi connectivity index (χ4n) is 3.63. The van der Waals surface area contributed by atoms with Crippen molar-refractivity contribution in [1.29, 1.82) is 0 Å². The lowest BCUT2D eigenvalue weighted by Crippen LogP contribution is -2.37. The molecule has 0 spiro atoms. The van der Waals surface area contributed by atoms with Crippen LogP contribution in [0.3, 0.4) is 0 Å². The number of piperidine rings is 1. The first kappa shape index (κ1) is 18.9. The second-order valence-electron chi connectivity index (χ2n) is 7.08. The molecule has 1 saturated heterocycles. The van der Waals surface area contributed by atoms with Crippen LogP contribution in [0.5, 0.6) is 0 Å². The highest BCUT2D eigenvalue weighted by atomic mass is 35.5. The molecule has 2 aromatic heterocycles. The number of rotatable bonds is 7. The van der Waals surface area contributed by atoms with E-state index >= 15 is 0 Å². The van der Waals surface area contributed by atoms with E-state index in [1.54, 1.807) is 12.4 Å². The Morgan fingerprint density at radius 1 is 1.00 bits per heavy atom. The summed E-state index contributed by atoms with van der Waals surface area (Å²) >= 11 is 6.08. The first-order valence-corrected chi connectivity index (χ1v) is 10.1. The molecule has 146 valence electrons. The molecule has 4 rings (SSSR count). The number of likely N-dealkylation sites (tertiary alicyclic amines) is 1. The number of nitrogens with one attached hydrogen (secondary N) is 1. The van der Waals surface area contributed by atoms with E-state index in [-0.39, 0.29) is 6.04 Å². The van der Waals surface area contributed by atoms with Crippen molar-refractivity contribution in [2.45, 2.75) is 31.7 Å². The van der Waals surface area contributed by atoms with Crippen molar-refractivity contribution in [3.05, 3.63) is 70.8 Å². The van der Waals surface area contributed by atoms with Crippen molar-refractivity contribution in [1.82, 2.24) is 20.1 Å². The van der Waals surface area contributed by atoms with E-state index in [2.05, 4.69) is 37.5 Å². The SMILES string of the molecule is Clc1ccc(C(CNc2nnc(Cc3ccncc3)o2)N2CCCCC2)cc1. The monoisotopic (exact) mass is 397 g/mol. The molecule has 0 bridgehead atoms. The van der Waals surface area contributed by atoms with Crippen LogP contribution in [0.15, 0.2) is 53.2 Å². The van der Waals surface area contributed by atoms with E-state index in [9.17, 15) is 0 Å². The Bertz CT molecular complexity index is 862. The molecule has 3 aromatic rings. The molecule has 28 heavy (non-hydrogen) atoms. The van der Waals surface area contributed by atoms with Crippen LogP contribution in [0, 0.1) is 0 Å². The topological polar surface area (TPSA) is 67.1 Å². The number of pyridine rings is 1. The van der Waals surface area contributed by atoms with Gasteiger partial charge in [0.1, 0.15) is 0 Å². The third-order valence-electron chi connectivity index (χ3n) is 5.10. The smallest absolute Gasteiger partial charge is 0.315 e. The molecule has 7 heteroatoms. The first-order valence-electron chi connectivity index (χ1n) is 9.72. The first-order chi connectivity index (χ1) is 13.8. The average molecular weight is 398 g/mol. The van der Waals surface area contributed by atoms with Gasteiger partial charge in [0, 0.05) is 24.0 Å². The largest absolute Gasteiger partial charge is 0.408 e. The Kier molecular flexibility index (Phi) is 6.19. The molecular weight excluding hydrogens is 374 g/mol. The second kappa shape index (κ2) is 9.17. The van der Waals surface area contributed by atoms with Crippen LogP contribution >= 0.6 is 11.6 Å². The maximum atomic E-state index is 6.08. The van der Waals surface area contributed by atoms with Gasteiger partial charge in [-0.1, -0.05) is 35.3 Å². The van der Waals surface area contributed by atoms with Gasteiger partial charge in [-0.05, 0) is 61.3 Å².